The quantitative estimate of drug-likeness (QED) is 0.849. The van der Waals surface area contributed by atoms with Crippen LogP contribution in [0.25, 0.3) is 0 Å². The lowest BCUT2D eigenvalue weighted by atomic mass is 10.2. The summed E-state index contributed by atoms with van der Waals surface area (Å²) in [6.07, 6.45) is 5.06. The Kier molecular flexibility index (Phi) is 3.40. The molecule has 0 saturated heterocycles. The number of hydrogen-bond acceptors (Lipinski definition) is 3. The third-order valence-electron chi connectivity index (χ3n) is 2.93. The minimum absolute atomic E-state index is 0.105. The van der Waals surface area contributed by atoms with Gasteiger partial charge in [0, 0.05) is 15.8 Å². The molecular weight excluding hydrogens is 204 g/mol. The molecule has 1 N–H and O–H groups in total. The first kappa shape index (κ1) is 10.7. The highest BCUT2D eigenvalue weighted by Gasteiger charge is 2.20. The molecule has 0 spiro atoms. The fourth-order valence-electron chi connectivity index (χ4n) is 2.12. The van der Waals surface area contributed by atoms with Crippen molar-refractivity contribution in [1.82, 2.24) is 5.32 Å². The molecule has 2 nitrogen and oxygen atoms in total. The van der Waals surface area contributed by atoms with E-state index in [1.54, 1.807) is 11.3 Å². The van der Waals surface area contributed by atoms with Crippen LogP contribution in [0.3, 0.4) is 0 Å². The third kappa shape index (κ3) is 2.58. The Morgan fingerprint density at radius 2 is 2.20 bits per heavy atom. The second kappa shape index (κ2) is 4.78. The first-order valence-electron chi connectivity index (χ1n) is 5.51. The molecule has 0 amide bonds. The molecule has 1 aliphatic carbocycles. The Bertz CT molecular complexity index is 358. The summed E-state index contributed by atoms with van der Waals surface area (Å²) in [7, 11) is 0. The maximum Gasteiger partial charge on any atom is 0.130 e. The Labute approximate surface area is 94.9 Å². The van der Waals surface area contributed by atoms with E-state index in [2.05, 4.69) is 30.4 Å². The van der Waals surface area contributed by atoms with Crippen molar-refractivity contribution in [1.29, 1.82) is 5.26 Å². The number of nitrogens with one attached hydrogen (secondary N) is 1. The highest BCUT2D eigenvalue weighted by Crippen LogP contribution is 2.25. The lowest BCUT2D eigenvalue weighted by Crippen LogP contribution is -2.29. The molecule has 2 rings (SSSR count). The van der Waals surface area contributed by atoms with Gasteiger partial charge >= 0.3 is 0 Å². The molecule has 1 fully saturated rings. The van der Waals surface area contributed by atoms with Crippen LogP contribution in [0.1, 0.15) is 41.5 Å². The maximum atomic E-state index is 9.14. The van der Waals surface area contributed by atoms with Gasteiger partial charge in [-0.15, -0.1) is 11.3 Å². The molecule has 0 bridgehead atoms. The van der Waals surface area contributed by atoms with Gasteiger partial charge in [-0.2, -0.15) is 5.26 Å². The molecule has 80 valence electrons. The summed E-state index contributed by atoms with van der Waals surface area (Å²) in [5, 5.41) is 12.6. The third-order valence-corrected chi connectivity index (χ3v) is 4.00. The van der Waals surface area contributed by atoms with E-state index in [0.717, 1.165) is 4.88 Å². The molecule has 1 heterocycles. The molecule has 1 aromatic heterocycles. The van der Waals surface area contributed by atoms with Crippen molar-refractivity contribution in [3.05, 3.63) is 21.9 Å². The Morgan fingerprint density at radius 3 is 2.73 bits per heavy atom. The number of thiophene rings is 1. The monoisotopic (exact) mass is 220 g/mol. The van der Waals surface area contributed by atoms with Crippen LogP contribution in [0.4, 0.5) is 0 Å². The van der Waals surface area contributed by atoms with Gasteiger partial charge in [-0.25, -0.2) is 0 Å². The molecule has 0 radical (unpaired) electrons. The molecule has 15 heavy (non-hydrogen) atoms. The average Bonchev–Trinajstić information content (AvgIpc) is 2.85. The summed E-state index contributed by atoms with van der Waals surface area (Å²) >= 11 is 1.72. The van der Waals surface area contributed by atoms with E-state index in [1.807, 2.05) is 0 Å². The molecular formula is C12H16N2S. The number of hydrogen-bond donors (Lipinski definition) is 1. The van der Waals surface area contributed by atoms with Crippen LogP contribution in [0.15, 0.2) is 12.1 Å². The zero-order chi connectivity index (χ0) is 10.7. The first-order valence-corrected chi connectivity index (χ1v) is 6.33. The molecule has 1 aliphatic rings. The molecule has 1 unspecified atom stereocenters. The lowest BCUT2D eigenvalue weighted by Gasteiger charge is -2.15. The van der Waals surface area contributed by atoms with Crippen LogP contribution in [0.5, 0.6) is 0 Å². The summed E-state index contributed by atoms with van der Waals surface area (Å²) < 4.78 is 0. The van der Waals surface area contributed by atoms with Gasteiger partial charge in [0.1, 0.15) is 6.04 Å². The van der Waals surface area contributed by atoms with Crippen molar-refractivity contribution in [3.8, 4) is 6.07 Å². The van der Waals surface area contributed by atoms with E-state index < -0.39 is 0 Å². The summed E-state index contributed by atoms with van der Waals surface area (Å²) in [4.78, 5) is 2.43. The van der Waals surface area contributed by atoms with Gasteiger partial charge in [0.25, 0.3) is 0 Å². The number of nitrogens with zero attached hydrogens (tertiary/aromatic N) is 1. The van der Waals surface area contributed by atoms with Crippen molar-refractivity contribution in [2.24, 2.45) is 0 Å². The van der Waals surface area contributed by atoms with Gasteiger partial charge in [0.15, 0.2) is 0 Å². The highest BCUT2D eigenvalue weighted by atomic mass is 32.1. The fraction of sp³-hybridized carbons (Fsp3) is 0.583. The molecule has 1 atom stereocenters. The van der Waals surface area contributed by atoms with Crippen LogP contribution in [0.2, 0.25) is 0 Å². The van der Waals surface area contributed by atoms with E-state index in [1.165, 1.54) is 30.6 Å². The number of rotatable bonds is 3. The van der Waals surface area contributed by atoms with Crippen molar-refractivity contribution in [2.75, 3.05) is 0 Å². The van der Waals surface area contributed by atoms with E-state index in [0.29, 0.717) is 6.04 Å². The summed E-state index contributed by atoms with van der Waals surface area (Å²) in [5.41, 5.74) is 0. The summed E-state index contributed by atoms with van der Waals surface area (Å²) in [5.74, 6) is 0. The SMILES string of the molecule is Cc1ccc(C(C#N)NC2CCCC2)s1. The molecule has 3 heteroatoms. The second-order valence-corrected chi connectivity index (χ2v) is 5.48. The Hall–Kier alpha value is -0.850. The van der Waals surface area contributed by atoms with Gasteiger partial charge in [0.05, 0.1) is 6.07 Å². The zero-order valence-electron chi connectivity index (χ0n) is 8.99. The largest absolute Gasteiger partial charge is 0.295 e. The molecule has 0 aliphatic heterocycles. The van der Waals surface area contributed by atoms with E-state index >= 15 is 0 Å². The van der Waals surface area contributed by atoms with Crippen LogP contribution in [0, 0.1) is 18.3 Å². The second-order valence-electron chi connectivity index (χ2n) is 4.16. The number of aryl methyl sites for hydroxylation is 1. The first-order chi connectivity index (χ1) is 7.29. The van der Waals surface area contributed by atoms with Crippen LogP contribution >= 0.6 is 11.3 Å². The van der Waals surface area contributed by atoms with E-state index in [4.69, 9.17) is 5.26 Å². The standard InChI is InChI=1S/C12H16N2S/c1-9-6-7-12(15-9)11(8-13)14-10-4-2-3-5-10/h6-7,10-11,14H,2-5H2,1H3. The van der Waals surface area contributed by atoms with Gasteiger partial charge in [-0.1, -0.05) is 12.8 Å². The van der Waals surface area contributed by atoms with Gasteiger partial charge in [0.2, 0.25) is 0 Å². The van der Waals surface area contributed by atoms with Crippen molar-refractivity contribution >= 4 is 11.3 Å². The van der Waals surface area contributed by atoms with Gasteiger partial charge < -0.3 is 0 Å². The van der Waals surface area contributed by atoms with Crippen LogP contribution in [-0.2, 0) is 0 Å². The lowest BCUT2D eigenvalue weighted by molar-refractivity contribution is 0.496. The Morgan fingerprint density at radius 1 is 1.47 bits per heavy atom. The van der Waals surface area contributed by atoms with Crippen molar-refractivity contribution in [2.45, 2.75) is 44.7 Å². The minimum Gasteiger partial charge on any atom is -0.295 e. The molecule has 0 aromatic carbocycles. The van der Waals surface area contributed by atoms with Crippen molar-refractivity contribution in [3.63, 3.8) is 0 Å². The maximum absolute atomic E-state index is 9.14. The molecule has 1 aromatic rings. The highest BCUT2D eigenvalue weighted by molar-refractivity contribution is 7.12. The number of nitriles is 1. The van der Waals surface area contributed by atoms with E-state index in [-0.39, 0.29) is 6.04 Å². The van der Waals surface area contributed by atoms with Crippen LogP contribution < -0.4 is 5.32 Å². The summed E-state index contributed by atoms with van der Waals surface area (Å²) in [6, 6.07) is 6.96. The topological polar surface area (TPSA) is 35.8 Å². The zero-order valence-corrected chi connectivity index (χ0v) is 9.81. The predicted molar refractivity (Wildman–Crippen MR) is 62.8 cm³/mol. The fourth-order valence-corrected chi connectivity index (χ4v) is 3.00. The average molecular weight is 220 g/mol. The van der Waals surface area contributed by atoms with E-state index in [9.17, 15) is 0 Å². The Balaban J connectivity index is 2.01. The van der Waals surface area contributed by atoms with Crippen LogP contribution in [-0.4, -0.2) is 6.04 Å². The normalized spacial score (nSPS) is 18.9. The smallest absolute Gasteiger partial charge is 0.130 e. The predicted octanol–water partition coefficient (Wildman–Crippen LogP) is 3.15. The van der Waals surface area contributed by atoms with Gasteiger partial charge in [-0.05, 0) is 31.9 Å². The minimum atomic E-state index is -0.105. The van der Waals surface area contributed by atoms with Crippen molar-refractivity contribution < 1.29 is 0 Å². The molecule has 1 saturated carbocycles. The van der Waals surface area contributed by atoms with Gasteiger partial charge in [-0.3, -0.25) is 5.32 Å². The summed E-state index contributed by atoms with van der Waals surface area (Å²) in [6.45, 7) is 2.08.